The van der Waals surface area contributed by atoms with E-state index >= 15 is 0 Å². The first-order chi connectivity index (χ1) is 7.13. The maximum absolute atomic E-state index is 10.8. The highest BCUT2D eigenvalue weighted by Crippen LogP contribution is 2.14. The van der Waals surface area contributed by atoms with Crippen molar-refractivity contribution in [2.75, 3.05) is 26.7 Å². The van der Waals surface area contributed by atoms with E-state index in [1.54, 1.807) is 0 Å². The Labute approximate surface area is 90.7 Å². The second-order valence-electron chi connectivity index (χ2n) is 4.13. The molecule has 4 N–H and O–H groups in total. The number of ether oxygens (including phenoxy) is 1. The molecule has 0 aromatic heterocycles. The van der Waals surface area contributed by atoms with Gasteiger partial charge in [-0.15, -0.1) is 0 Å². The first-order valence-electron chi connectivity index (χ1n) is 5.43. The summed E-state index contributed by atoms with van der Waals surface area (Å²) in [5, 5.41) is 0. The summed E-state index contributed by atoms with van der Waals surface area (Å²) in [6.45, 7) is 2.13. The predicted molar refractivity (Wildman–Crippen MR) is 58.3 cm³/mol. The van der Waals surface area contributed by atoms with Gasteiger partial charge in [-0.05, 0) is 19.9 Å². The molecule has 1 aliphatic rings. The number of carbonyl (C=O) groups excluding carboxylic acids is 1. The van der Waals surface area contributed by atoms with Crippen LogP contribution in [0.5, 0.6) is 0 Å². The minimum atomic E-state index is -0.301. The fraction of sp³-hybridized carbons (Fsp3) is 0.900. The molecule has 88 valence electrons. The maximum Gasteiger partial charge on any atom is 0.219 e. The van der Waals surface area contributed by atoms with Crippen LogP contribution in [0.4, 0.5) is 0 Å². The van der Waals surface area contributed by atoms with Crippen molar-refractivity contribution in [1.82, 2.24) is 4.90 Å². The number of nitrogens with zero attached hydrogens (tertiary/aromatic N) is 1. The smallest absolute Gasteiger partial charge is 0.219 e. The number of primary amides is 1. The van der Waals surface area contributed by atoms with Gasteiger partial charge in [0, 0.05) is 32.2 Å². The zero-order valence-corrected chi connectivity index (χ0v) is 9.32. The molecule has 0 spiro atoms. The molecule has 1 amide bonds. The molecule has 0 aliphatic carbocycles. The fourth-order valence-corrected chi connectivity index (χ4v) is 1.91. The number of likely N-dealkylation sites (N-methyl/N-ethyl adjacent to an activating group) is 1. The standard InChI is InChI=1S/C10H21N3O2/c1-13(7-9-3-2-4-15-9)8(6-11)5-10(12)14/h8-9H,2-7,11H2,1H3,(H2,12,14). The van der Waals surface area contributed by atoms with Crippen LogP contribution in [0.25, 0.3) is 0 Å². The van der Waals surface area contributed by atoms with Gasteiger partial charge in [0.1, 0.15) is 0 Å². The molecule has 1 fully saturated rings. The highest BCUT2D eigenvalue weighted by Gasteiger charge is 2.22. The largest absolute Gasteiger partial charge is 0.377 e. The SMILES string of the molecule is CN(CC1CCCO1)C(CN)CC(N)=O. The quantitative estimate of drug-likeness (QED) is 0.614. The average Bonchev–Trinajstić information content (AvgIpc) is 2.66. The van der Waals surface area contributed by atoms with Crippen LogP contribution in [0, 0.1) is 0 Å². The van der Waals surface area contributed by atoms with E-state index in [0.717, 1.165) is 26.0 Å². The van der Waals surface area contributed by atoms with Crippen molar-refractivity contribution in [3.05, 3.63) is 0 Å². The number of rotatable bonds is 6. The third-order valence-corrected chi connectivity index (χ3v) is 2.85. The Morgan fingerprint density at radius 2 is 2.40 bits per heavy atom. The summed E-state index contributed by atoms with van der Waals surface area (Å²) in [5.41, 5.74) is 10.8. The van der Waals surface area contributed by atoms with Crippen LogP contribution >= 0.6 is 0 Å². The topological polar surface area (TPSA) is 81.6 Å². The zero-order chi connectivity index (χ0) is 11.3. The van der Waals surface area contributed by atoms with Gasteiger partial charge in [0.05, 0.1) is 6.10 Å². The van der Waals surface area contributed by atoms with Gasteiger partial charge in [-0.3, -0.25) is 9.69 Å². The third kappa shape index (κ3) is 4.15. The van der Waals surface area contributed by atoms with E-state index in [4.69, 9.17) is 16.2 Å². The van der Waals surface area contributed by atoms with Crippen LogP contribution in [0.1, 0.15) is 19.3 Å². The molecule has 1 saturated heterocycles. The molecule has 2 unspecified atom stereocenters. The van der Waals surface area contributed by atoms with Gasteiger partial charge < -0.3 is 16.2 Å². The molecule has 0 bridgehead atoms. The van der Waals surface area contributed by atoms with Crippen molar-refractivity contribution >= 4 is 5.91 Å². The molecule has 0 saturated carbocycles. The Bertz CT molecular complexity index is 205. The Morgan fingerprint density at radius 3 is 2.87 bits per heavy atom. The minimum absolute atomic E-state index is 0.0340. The van der Waals surface area contributed by atoms with Crippen LogP contribution < -0.4 is 11.5 Å². The molecule has 0 aromatic carbocycles. The average molecular weight is 215 g/mol. The lowest BCUT2D eigenvalue weighted by Crippen LogP contribution is -2.44. The monoisotopic (exact) mass is 215 g/mol. The molecule has 15 heavy (non-hydrogen) atoms. The molecule has 0 aromatic rings. The van der Waals surface area contributed by atoms with Crippen LogP contribution in [0.2, 0.25) is 0 Å². The fourth-order valence-electron chi connectivity index (χ4n) is 1.91. The number of hydrogen-bond donors (Lipinski definition) is 2. The van der Waals surface area contributed by atoms with Gasteiger partial charge in [0.15, 0.2) is 0 Å². The predicted octanol–water partition coefficient (Wildman–Crippen LogP) is -0.700. The second-order valence-corrected chi connectivity index (χ2v) is 4.13. The maximum atomic E-state index is 10.8. The summed E-state index contributed by atoms with van der Waals surface area (Å²) in [7, 11) is 1.96. The van der Waals surface area contributed by atoms with Crippen molar-refractivity contribution in [3.63, 3.8) is 0 Å². The van der Waals surface area contributed by atoms with Crippen molar-refractivity contribution in [3.8, 4) is 0 Å². The van der Waals surface area contributed by atoms with Gasteiger partial charge in [0.2, 0.25) is 5.91 Å². The zero-order valence-electron chi connectivity index (χ0n) is 9.32. The lowest BCUT2D eigenvalue weighted by molar-refractivity contribution is -0.119. The van der Waals surface area contributed by atoms with E-state index in [2.05, 4.69) is 4.90 Å². The van der Waals surface area contributed by atoms with Crippen molar-refractivity contribution in [1.29, 1.82) is 0 Å². The van der Waals surface area contributed by atoms with E-state index in [9.17, 15) is 4.79 Å². The molecule has 1 aliphatic heterocycles. The molecule has 5 nitrogen and oxygen atoms in total. The van der Waals surface area contributed by atoms with E-state index in [1.807, 2.05) is 7.05 Å². The molecule has 1 rings (SSSR count). The second kappa shape index (κ2) is 6.05. The van der Waals surface area contributed by atoms with E-state index in [0.29, 0.717) is 13.0 Å². The summed E-state index contributed by atoms with van der Waals surface area (Å²) in [4.78, 5) is 12.9. The Hall–Kier alpha value is -0.650. The van der Waals surface area contributed by atoms with Crippen LogP contribution in [-0.4, -0.2) is 49.7 Å². The Morgan fingerprint density at radius 1 is 1.67 bits per heavy atom. The van der Waals surface area contributed by atoms with E-state index in [1.165, 1.54) is 0 Å². The van der Waals surface area contributed by atoms with Gasteiger partial charge in [0.25, 0.3) is 0 Å². The Kier molecular flexibility index (Phi) is 5.01. The molecule has 1 heterocycles. The van der Waals surface area contributed by atoms with Gasteiger partial charge in [-0.25, -0.2) is 0 Å². The Balaban J connectivity index is 2.34. The summed E-state index contributed by atoms with van der Waals surface area (Å²) >= 11 is 0. The normalized spacial score (nSPS) is 23.3. The van der Waals surface area contributed by atoms with E-state index in [-0.39, 0.29) is 18.1 Å². The number of nitrogens with two attached hydrogens (primary N) is 2. The molecule has 2 atom stereocenters. The van der Waals surface area contributed by atoms with Gasteiger partial charge >= 0.3 is 0 Å². The lowest BCUT2D eigenvalue weighted by atomic mass is 10.1. The highest BCUT2D eigenvalue weighted by molar-refractivity contribution is 5.74. The van der Waals surface area contributed by atoms with Gasteiger partial charge in [-0.2, -0.15) is 0 Å². The lowest BCUT2D eigenvalue weighted by Gasteiger charge is -2.28. The van der Waals surface area contributed by atoms with Crippen molar-refractivity contribution in [2.45, 2.75) is 31.4 Å². The summed E-state index contributed by atoms with van der Waals surface area (Å²) in [5.74, 6) is -0.301. The molecule has 0 radical (unpaired) electrons. The van der Waals surface area contributed by atoms with Crippen LogP contribution in [0.15, 0.2) is 0 Å². The third-order valence-electron chi connectivity index (χ3n) is 2.85. The summed E-state index contributed by atoms with van der Waals surface area (Å²) < 4.78 is 5.52. The summed E-state index contributed by atoms with van der Waals surface area (Å²) in [6.07, 6.45) is 2.83. The minimum Gasteiger partial charge on any atom is -0.377 e. The highest BCUT2D eigenvalue weighted by atomic mass is 16.5. The van der Waals surface area contributed by atoms with E-state index < -0.39 is 0 Å². The van der Waals surface area contributed by atoms with Gasteiger partial charge in [-0.1, -0.05) is 0 Å². The number of hydrogen-bond acceptors (Lipinski definition) is 4. The van der Waals surface area contributed by atoms with Crippen molar-refractivity contribution < 1.29 is 9.53 Å². The first-order valence-corrected chi connectivity index (χ1v) is 5.43. The summed E-state index contributed by atoms with van der Waals surface area (Å²) in [6, 6.07) is 0.0340. The van der Waals surface area contributed by atoms with Crippen molar-refractivity contribution in [2.24, 2.45) is 11.5 Å². The molecular weight excluding hydrogens is 194 g/mol. The van der Waals surface area contributed by atoms with Crippen LogP contribution in [0.3, 0.4) is 0 Å². The molecular formula is C10H21N3O2. The number of amides is 1. The van der Waals surface area contributed by atoms with Crippen LogP contribution in [-0.2, 0) is 9.53 Å². The molecule has 5 heteroatoms. The first kappa shape index (κ1) is 12.4. The number of carbonyl (C=O) groups is 1.